The average molecular weight is 308 g/mol. The fourth-order valence-corrected chi connectivity index (χ4v) is 1.93. The first-order valence-electron chi connectivity index (χ1n) is 5.70. The molecular weight excluding hydrogens is 294 g/mol. The minimum atomic E-state index is -1.12. The number of hydrogen-bond acceptors (Lipinski definition) is 2. The molecule has 0 saturated carbocycles. The molecule has 0 aliphatic heterocycles. The summed E-state index contributed by atoms with van der Waals surface area (Å²) in [7, 11) is 0. The zero-order chi connectivity index (χ0) is 13.1. The molecule has 0 saturated heterocycles. The quantitative estimate of drug-likeness (QED) is 0.856. The Morgan fingerprint density at radius 3 is 2.26 bits per heavy atom. The Morgan fingerprint density at radius 2 is 1.68 bits per heavy atom. The van der Waals surface area contributed by atoms with Gasteiger partial charge in [-0.25, -0.2) is 4.79 Å². The summed E-state index contributed by atoms with van der Waals surface area (Å²) in [6.07, 6.45) is 0. The molecule has 1 atom stereocenters. The van der Waals surface area contributed by atoms with E-state index in [-0.39, 0.29) is 36.7 Å². The number of aromatic carboxylic acids is 1. The van der Waals surface area contributed by atoms with E-state index in [0.29, 0.717) is 0 Å². The summed E-state index contributed by atoms with van der Waals surface area (Å²) >= 11 is 0. The van der Waals surface area contributed by atoms with Gasteiger partial charge in [-0.2, -0.15) is 0 Å². The number of carbonyl (C=O) groups is 1. The van der Waals surface area contributed by atoms with Crippen LogP contribution in [0, 0.1) is 0 Å². The maximum absolute atomic E-state index is 11.0. The number of hydrogen-bond donors (Lipinski definition) is 2. The van der Waals surface area contributed by atoms with Crippen LogP contribution in [0.25, 0.3) is 0 Å². The van der Waals surface area contributed by atoms with E-state index in [1.54, 1.807) is 6.07 Å². The molecule has 0 aromatic heterocycles. The van der Waals surface area contributed by atoms with Gasteiger partial charge in [-0.05, 0) is 23.3 Å². The van der Waals surface area contributed by atoms with Gasteiger partial charge in [0.05, 0.1) is 0 Å². The molecule has 2 N–H and O–H groups in total. The zero-order valence-electron chi connectivity index (χ0n) is 10.7. The van der Waals surface area contributed by atoms with Crippen molar-refractivity contribution >= 4 is 5.97 Å². The van der Waals surface area contributed by atoms with E-state index in [1.807, 2.05) is 37.3 Å². The molecule has 94 valence electrons. The summed E-state index contributed by atoms with van der Waals surface area (Å²) in [6, 6.07) is 14.5. The fraction of sp³-hybridized carbons (Fsp3) is 0.133. The van der Waals surface area contributed by atoms with E-state index < -0.39 is 5.97 Å². The van der Waals surface area contributed by atoms with E-state index >= 15 is 0 Å². The number of rotatable bonds is 3. The molecule has 4 heteroatoms. The molecule has 19 heavy (non-hydrogen) atoms. The van der Waals surface area contributed by atoms with Crippen LogP contribution in [-0.4, -0.2) is 16.2 Å². The molecular formula is C15H14O3Zn. The van der Waals surface area contributed by atoms with E-state index in [2.05, 4.69) is 0 Å². The topological polar surface area (TPSA) is 57.5 Å². The molecule has 0 amide bonds. The van der Waals surface area contributed by atoms with Crippen LogP contribution in [0.2, 0.25) is 0 Å². The van der Waals surface area contributed by atoms with Crippen LogP contribution >= 0.6 is 0 Å². The van der Waals surface area contributed by atoms with E-state index in [4.69, 9.17) is 5.11 Å². The summed E-state index contributed by atoms with van der Waals surface area (Å²) in [5, 5.41) is 18.5. The molecule has 1 unspecified atom stereocenters. The smallest absolute Gasteiger partial charge is 0.339 e. The van der Waals surface area contributed by atoms with Gasteiger partial charge in [-0.3, -0.25) is 0 Å². The van der Waals surface area contributed by atoms with Crippen molar-refractivity contribution in [3.63, 3.8) is 0 Å². The number of carboxylic acids is 1. The Labute approximate surface area is 124 Å². The first kappa shape index (κ1) is 15.4. The fourth-order valence-electron chi connectivity index (χ4n) is 1.93. The van der Waals surface area contributed by atoms with Crippen molar-refractivity contribution in [3.8, 4) is 5.75 Å². The van der Waals surface area contributed by atoms with Crippen LogP contribution in [0.4, 0.5) is 0 Å². The second-order valence-corrected chi connectivity index (χ2v) is 4.21. The molecule has 0 bridgehead atoms. The van der Waals surface area contributed by atoms with Crippen molar-refractivity contribution in [1.29, 1.82) is 0 Å². The zero-order valence-corrected chi connectivity index (χ0v) is 13.7. The molecule has 0 fully saturated rings. The van der Waals surface area contributed by atoms with Gasteiger partial charge in [-0.1, -0.05) is 43.3 Å². The van der Waals surface area contributed by atoms with Gasteiger partial charge in [0.25, 0.3) is 0 Å². The van der Waals surface area contributed by atoms with Gasteiger partial charge in [-0.15, -0.1) is 0 Å². The van der Waals surface area contributed by atoms with Gasteiger partial charge < -0.3 is 10.2 Å². The maximum atomic E-state index is 11.0. The Balaban J connectivity index is 0.00000180. The summed E-state index contributed by atoms with van der Waals surface area (Å²) < 4.78 is 0. The second-order valence-electron chi connectivity index (χ2n) is 4.21. The third-order valence-corrected chi connectivity index (χ3v) is 3.05. The molecule has 3 nitrogen and oxygen atoms in total. The van der Waals surface area contributed by atoms with Gasteiger partial charge in [0, 0.05) is 25.4 Å². The van der Waals surface area contributed by atoms with Gasteiger partial charge in [0.1, 0.15) is 11.3 Å². The molecule has 0 radical (unpaired) electrons. The minimum absolute atomic E-state index is 0. The summed E-state index contributed by atoms with van der Waals surface area (Å²) in [5.74, 6) is -1.23. The Hall–Kier alpha value is -1.67. The Morgan fingerprint density at radius 1 is 1.05 bits per heavy atom. The van der Waals surface area contributed by atoms with Crippen LogP contribution in [-0.2, 0) is 19.5 Å². The number of aromatic hydroxyl groups is 1. The van der Waals surface area contributed by atoms with Gasteiger partial charge >= 0.3 is 5.97 Å². The van der Waals surface area contributed by atoms with Crippen molar-refractivity contribution in [2.24, 2.45) is 0 Å². The first-order valence-corrected chi connectivity index (χ1v) is 5.70. The predicted octanol–water partition coefficient (Wildman–Crippen LogP) is 3.24. The molecule has 0 aliphatic carbocycles. The Bertz CT molecular complexity index is 567. The molecule has 0 spiro atoms. The van der Waals surface area contributed by atoms with Crippen LogP contribution in [0.3, 0.4) is 0 Å². The average Bonchev–Trinajstić information content (AvgIpc) is 2.39. The minimum Gasteiger partial charge on any atom is -0.507 e. The van der Waals surface area contributed by atoms with Gasteiger partial charge in [0.15, 0.2) is 0 Å². The maximum Gasteiger partial charge on any atom is 0.339 e. The van der Waals surface area contributed by atoms with E-state index in [1.165, 1.54) is 12.1 Å². The standard InChI is InChI=1S/C15H14O3.Zn/c1-10(11-5-3-2-4-6-11)12-7-8-14(16)13(9-12)15(17)18;/h2-10,16H,1H3,(H,17,18);. The van der Waals surface area contributed by atoms with Crippen LogP contribution in [0.1, 0.15) is 34.3 Å². The Kier molecular flexibility index (Phi) is 5.25. The van der Waals surface area contributed by atoms with Crippen molar-refractivity contribution in [3.05, 3.63) is 65.2 Å². The van der Waals surface area contributed by atoms with Gasteiger partial charge in [0.2, 0.25) is 0 Å². The first-order chi connectivity index (χ1) is 8.59. The predicted molar refractivity (Wildman–Crippen MR) is 69.0 cm³/mol. The molecule has 2 aromatic rings. The van der Waals surface area contributed by atoms with E-state index in [0.717, 1.165) is 11.1 Å². The summed E-state index contributed by atoms with van der Waals surface area (Å²) in [4.78, 5) is 11.0. The monoisotopic (exact) mass is 306 g/mol. The molecule has 0 aliphatic rings. The number of carboxylic acid groups (broad SMARTS) is 1. The van der Waals surface area contributed by atoms with Crippen molar-refractivity contribution in [1.82, 2.24) is 0 Å². The van der Waals surface area contributed by atoms with Crippen molar-refractivity contribution in [2.75, 3.05) is 0 Å². The van der Waals surface area contributed by atoms with Crippen molar-refractivity contribution in [2.45, 2.75) is 12.8 Å². The van der Waals surface area contributed by atoms with Crippen LogP contribution in [0.15, 0.2) is 48.5 Å². The molecule has 2 rings (SSSR count). The third kappa shape index (κ3) is 3.42. The van der Waals surface area contributed by atoms with Crippen LogP contribution < -0.4 is 0 Å². The second kappa shape index (κ2) is 6.49. The summed E-state index contributed by atoms with van der Waals surface area (Å²) in [6.45, 7) is 2.01. The summed E-state index contributed by atoms with van der Waals surface area (Å²) in [5.41, 5.74) is 1.92. The van der Waals surface area contributed by atoms with Crippen molar-refractivity contribution < 1.29 is 34.5 Å². The largest absolute Gasteiger partial charge is 0.507 e. The molecule has 2 aromatic carbocycles. The molecule has 0 heterocycles. The van der Waals surface area contributed by atoms with Crippen LogP contribution in [0.5, 0.6) is 5.75 Å². The third-order valence-electron chi connectivity index (χ3n) is 3.05. The SMILES string of the molecule is CC(c1ccccc1)c1ccc(O)c(C(=O)O)c1.[Zn]. The number of phenols is 1. The normalized spacial score (nSPS) is 11.4. The number of benzene rings is 2. The van der Waals surface area contributed by atoms with E-state index in [9.17, 15) is 9.90 Å².